The summed E-state index contributed by atoms with van der Waals surface area (Å²) in [6.07, 6.45) is 0. The number of hydrogen-bond donors (Lipinski definition) is 2. The molecule has 0 aliphatic carbocycles. The lowest BCUT2D eigenvalue weighted by atomic mass is 10.0. The Morgan fingerprint density at radius 3 is 2.89 bits per heavy atom. The van der Waals surface area contributed by atoms with Crippen LogP contribution in [0.1, 0.15) is 21.5 Å². The second kappa shape index (κ2) is 7.49. The molecule has 0 saturated carbocycles. The van der Waals surface area contributed by atoms with Crippen molar-refractivity contribution in [3.8, 4) is 11.8 Å². The van der Waals surface area contributed by atoms with Crippen LogP contribution in [0.3, 0.4) is 0 Å². The van der Waals surface area contributed by atoms with E-state index in [4.69, 9.17) is 9.84 Å². The van der Waals surface area contributed by atoms with E-state index in [-0.39, 0.29) is 12.5 Å². The molecule has 0 heterocycles. The lowest BCUT2D eigenvalue weighted by Gasteiger charge is -2.06. The minimum Gasteiger partial charge on any atom is -0.384 e. The van der Waals surface area contributed by atoms with Crippen LogP contribution in [-0.4, -0.2) is 37.9 Å². The fourth-order valence-corrected chi connectivity index (χ4v) is 1.45. The molecule has 1 aromatic carbocycles. The molecule has 0 saturated heterocycles. The lowest BCUT2D eigenvalue weighted by molar-refractivity contribution is 0.0937. The Balaban J connectivity index is 2.74. The van der Waals surface area contributed by atoms with E-state index in [0.717, 1.165) is 11.1 Å². The van der Waals surface area contributed by atoms with E-state index < -0.39 is 0 Å². The van der Waals surface area contributed by atoms with Crippen LogP contribution in [0.15, 0.2) is 18.2 Å². The van der Waals surface area contributed by atoms with Crippen LogP contribution in [0.25, 0.3) is 0 Å². The Bertz CT molecular complexity index is 472. The molecule has 0 radical (unpaired) electrons. The van der Waals surface area contributed by atoms with E-state index >= 15 is 0 Å². The second-order valence-corrected chi connectivity index (χ2v) is 3.74. The number of aliphatic hydroxyl groups is 1. The molecule has 0 aromatic heterocycles. The van der Waals surface area contributed by atoms with Crippen LogP contribution in [0.2, 0.25) is 0 Å². The first-order valence-electron chi connectivity index (χ1n) is 5.66. The summed E-state index contributed by atoms with van der Waals surface area (Å²) in [5.41, 5.74) is 2.32. The van der Waals surface area contributed by atoms with Gasteiger partial charge in [0.25, 0.3) is 5.91 Å². The number of hydrogen-bond acceptors (Lipinski definition) is 3. The number of methoxy groups -OCH3 is 1. The third-order valence-corrected chi connectivity index (χ3v) is 2.38. The first kappa shape index (κ1) is 14.2. The number of nitrogens with one attached hydrogen (secondary N) is 1. The van der Waals surface area contributed by atoms with Crippen molar-refractivity contribution in [2.45, 2.75) is 6.92 Å². The third kappa shape index (κ3) is 4.21. The van der Waals surface area contributed by atoms with Crippen molar-refractivity contribution in [3.05, 3.63) is 34.9 Å². The van der Waals surface area contributed by atoms with E-state index in [0.29, 0.717) is 18.7 Å². The Kier molecular flexibility index (Phi) is 5.92. The molecule has 0 aliphatic rings. The number of carbonyl (C=O) groups is 1. The summed E-state index contributed by atoms with van der Waals surface area (Å²) in [7, 11) is 1.59. The van der Waals surface area contributed by atoms with E-state index in [1.165, 1.54) is 0 Å². The van der Waals surface area contributed by atoms with Crippen molar-refractivity contribution in [1.29, 1.82) is 0 Å². The van der Waals surface area contributed by atoms with Crippen molar-refractivity contribution < 1.29 is 14.6 Å². The normalized spacial score (nSPS) is 9.50. The van der Waals surface area contributed by atoms with E-state index in [1.54, 1.807) is 25.3 Å². The molecule has 0 unspecified atom stereocenters. The quantitative estimate of drug-likeness (QED) is 0.608. The SMILES string of the molecule is COCCNC(=O)c1ccc(C#CCO)c(C)c1. The number of rotatable bonds is 4. The molecule has 0 bridgehead atoms. The van der Waals surface area contributed by atoms with Gasteiger partial charge in [-0.2, -0.15) is 0 Å². The Morgan fingerprint density at radius 1 is 1.50 bits per heavy atom. The maximum atomic E-state index is 11.8. The first-order valence-corrected chi connectivity index (χ1v) is 5.66. The summed E-state index contributed by atoms with van der Waals surface area (Å²) in [4.78, 5) is 11.8. The molecule has 0 fully saturated rings. The first-order chi connectivity index (χ1) is 8.69. The molecule has 1 aromatic rings. The maximum Gasteiger partial charge on any atom is 0.251 e. The molecule has 4 nitrogen and oxygen atoms in total. The van der Waals surface area contributed by atoms with Gasteiger partial charge in [-0.1, -0.05) is 11.8 Å². The highest BCUT2D eigenvalue weighted by molar-refractivity contribution is 5.94. The number of aryl methyl sites for hydroxylation is 1. The minimum atomic E-state index is -0.168. The standard InChI is InChI=1S/C14H17NO3/c1-11-10-13(14(17)15-7-9-18-2)6-5-12(11)4-3-8-16/h5-6,10,16H,7-9H2,1-2H3,(H,15,17). The van der Waals surface area contributed by atoms with Gasteiger partial charge < -0.3 is 15.2 Å². The van der Waals surface area contributed by atoms with Crippen LogP contribution in [-0.2, 0) is 4.74 Å². The summed E-state index contributed by atoms with van der Waals surface area (Å²) in [6, 6.07) is 5.28. The van der Waals surface area contributed by atoms with Crippen LogP contribution < -0.4 is 5.32 Å². The molecule has 1 amide bonds. The fraction of sp³-hybridized carbons (Fsp3) is 0.357. The van der Waals surface area contributed by atoms with Gasteiger partial charge in [-0.25, -0.2) is 0 Å². The maximum absolute atomic E-state index is 11.8. The molecule has 0 aliphatic heterocycles. The van der Waals surface area contributed by atoms with Gasteiger partial charge in [0.2, 0.25) is 0 Å². The smallest absolute Gasteiger partial charge is 0.251 e. The monoisotopic (exact) mass is 247 g/mol. The highest BCUT2D eigenvalue weighted by atomic mass is 16.5. The summed E-state index contributed by atoms with van der Waals surface area (Å²) in [6.45, 7) is 2.69. The molecule has 4 heteroatoms. The fourth-order valence-electron chi connectivity index (χ4n) is 1.45. The molecule has 96 valence electrons. The highest BCUT2D eigenvalue weighted by Gasteiger charge is 2.06. The molecular formula is C14H17NO3. The van der Waals surface area contributed by atoms with Crippen molar-refractivity contribution in [3.63, 3.8) is 0 Å². The van der Waals surface area contributed by atoms with Gasteiger partial charge in [-0.05, 0) is 30.7 Å². The Morgan fingerprint density at radius 2 is 2.28 bits per heavy atom. The zero-order valence-corrected chi connectivity index (χ0v) is 10.6. The van der Waals surface area contributed by atoms with Crippen LogP contribution >= 0.6 is 0 Å². The average molecular weight is 247 g/mol. The van der Waals surface area contributed by atoms with Gasteiger partial charge in [0.05, 0.1) is 6.61 Å². The van der Waals surface area contributed by atoms with E-state index in [9.17, 15) is 4.79 Å². The van der Waals surface area contributed by atoms with Gasteiger partial charge in [0.15, 0.2) is 0 Å². The molecule has 18 heavy (non-hydrogen) atoms. The Labute approximate surface area is 107 Å². The number of aliphatic hydroxyl groups excluding tert-OH is 1. The topological polar surface area (TPSA) is 58.6 Å². The second-order valence-electron chi connectivity index (χ2n) is 3.74. The van der Waals surface area contributed by atoms with Crippen LogP contribution in [0.4, 0.5) is 0 Å². The van der Waals surface area contributed by atoms with Crippen LogP contribution in [0.5, 0.6) is 0 Å². The van der Waals surface area contributed by atoms with Crippen molar-refractivity contribution in [2.75, 3.05) is 26.9 Å². The van der Waals surface area contributed by atoms with Gasteiger partial charge in [-0.15, -0.1) is 0 Å². The third-order valence-electron chi connectivity index (χ3n) is 2.38. The Hall–Kier alpha value is -1.83. The summed E-state index contributed by atoms with van der Waals surface area (Å²) in [5.74, 6) is 5.29. The lowest BCUT2D eigenvalue weighted by Crippen LogP contribution is -2.26. The number of benzene rings is 1. The number of amides is 1. The molecule has 0 atom stereocenters. The van der Waals surface area contributed by atoms with Gasteiger partial charge in [0.1, 0.15) is 6.61 Å². The molecule has 2 N–H and O–H groups in total. The van der Waals surface area contributed by atoms with Crippen molar-refractivity contribution >= 4 is 5.91 Å². The highest BCUT2D eigenvalue weighted by Crippen LogP contribution is 2.10. The molecule has 1 rings (SSSR count). The summed E-state index contributed by atoms with van der Waals surface area (Å²) < 4.78 is 4.86. The van der Waals surface area contributed by atoms with Gasteiger partial charge in [0, 0.05) is 24.8 Å². The summed E-state index contributed by atoms with van der Waals surface area (Å²) in [5, 5.41) is 11.4. The average Bonchev–Trinajstić information content (AvgIpc) is 2.37. The van der Waals surface area contributed by atoms with Crippen molar-refractivity contribution in [2.24, 2.45) is 0 Å². The predicted octanol–water partition coefficient (Wildman–Crippen LogP) is 0.715. The van der Waals surface area contributed by atoms with Crippen molar-refractivity contribution in [1.82, 2.24) is 5.32 Å². The van der Waals surface area contributed by atoms with E-state index in [1.807, 2.05) is 6.92 Å². The number of ether oxygens (including phenoxy) is 1. The van der Waals surface area contributed by atoms with Gasteiger partial charge >= 0.3 is 0 Å². The number of carbonyl (C=O) groups excluding carboxylic acids is 1. The van der Waals surface area contributed by atoms with Crippen LogP contribution in [0, 0.1) is 18.8 Å². The summed E-state index contributed by atoms with van der Waals surface area (Å²) >= 11 is 0. The molecule has 0 spiro atoms. The molecular weight excluding hydrogens is 230 g/mol. The predicted molar refractivity (Wildman–Crippen MR) is 69.4 cm³/mol. The minimum absolute atomic E-state index is 0.128. The zero-order valence-electron chi connectivity index (χ0n) is 10.6. The van der Waals surface area contributed by atoms with Gasteiger partial charge in [-0.3, -0.25) is 4.79 Å². The van der Waals surface area contributed by atoms with E-state index in [2.05, 4.69) is 17.2 Å². The largest absolute Gasteiger partial charge is 0.384 e. The zero-order chi connectivity index (χ0) is 13.4.